The molecule has 2 heterocycles. The van der Waals surface area contributed by atoms with E-state index in [1.165, 1.54) is 12.8 Å². The van der Waals surface area contributed by atoms with E-state index >= 15 is 0 Å². The fraction of sp³-hybridized carbons (Fsp3) is 0.667. The van der Waals surface area contributed by atoms with Gasteiger partial charge in [-0.15, -0.1) is 0 Å². The Morgan fingerprint density at radius 2 is 2.12 bits per heavy atom. The monoisotopic (exact) mass is 235 g/mol. The maximum atomic E-state index is 6.14. The molecule has 17 heavy (non-hydrogen) atoms. The fourth-order valence-electron chi connectivity index (χ4n) is 2.02. The molecule has 5 heteroatoms. The zero-order chi connectivity index (χ0) is 12.3. The van der Waals surface area contributed by atoms with Crippen molar-refractivity contribution >= 4 is 17.3 Å². The van der Waals surface area contributed by atoms with Gasteiger partial charge in [-0.1, -0.05) is 6.92 Å². The summed E-state index contributed by atoms with van der Waals surface area (Å²) in [4.78, 5) is 10.8. The Morgan fingerprint density at radius 1 is 1.41 bits per heavy atom. The number of nitrogen functional groups attached to an aromatic ring is 1. The summed E-state index contributed by atoms with van der Waals surface area (Å²) in [6.07, 6.45) is 5.08. The molecule has 1 aromatic rings. The summed E-state index contributed by atoms with van der Waals surface area (Å²) >= 11 is 0. The molecule has 0 spiro atoms. The molecule has 1 aliphatic heterocycles. The van der Waals surface area contributed by atoms with Gasteiger partial charge < -0.3 is 16.0 Å². The molecular weight excluding hydrogens is 214 g/mol. The van der Waals surface area contributed by atoms with Crippen LogP contribution in [0, 0.1) is 0 Å². The van der Waals surface area contributed by atoms with Gasteiger partial charge in [0.1, 0.15) is 12.0 Å². The second-order valence-electron chi connectivity index (χ2n) is 4.61. The Morgan fingerprint density at radius 3 is 2.76 bits per heavy atom. The summed E-state index contributed by atoms with van der Waals surface area (Å²) in [7, 11) is 0. The van der Waals surface area contributed by atoms with Crippen LogP contribution in [0.5, 0.6) is 0 Å². The molecule has 94 valence electrons. The fourth-order valence-corrected chi connectivity index (χ4v) is 2.02. The third-order valence-electron chi connectivity index (χ3n) is 3.26. The molecule has 0 bridgehead atoms. The molecule has 0 radical (unpaired) electrons. The Kier molecular flexibility index (Phi) is 3.66. The molecule has 0 saturated carbocycles. The minimum absolute atomic E-state index is 0.374. The zero-order valence-electron chi connectivity index (χ0n) is 10.6. The maximum absolute atomic E-state index is 6.14. The van der Waals surface area contributed by atoms with Gasteiger partial charge in [0.05, 0.1) is 0 Å². The molecule has 0 amide bonds. The largest absolute Gasteiger partial charge is 0.393 e. The Labute approximate surface area is 102 Å². The summed E-state index contributed by atoms with van der Waals surface area (Å²) in [6.45, 7) is 6.35. The Bertz CT molecular complexity index is 373. The lowest BCUT2D eigenvalue weighted by Gasteiger charge is -2.21. The molecule has 1 fully saturated rings. The summed E-state index contributed by atoms with van der Waals surface area (Å²) in [6, 6.07) is 0.374. The minimum atomic E-state index is 0.374. The minimum Gasteiger partial charge on any atom is -0.393 e. The van der Waals surface area contributed by atoms with Gasteiger partial charge in [-0.3, -0.25) is 0 Å². The number of nitrogens with zero attached hydrogens (tertiary/aromatic N) is 3. The highest BCUT2D eigenvalue weighted by Gasteiger charge is 2.18. The van der Waals surface area contributed by atoms with Crippen molar-refractivity contribution in [1.82, 2.24) is 9.97 Å². The molecule has 3 N–H and O–H groups in total. The van der Waals surface area contributed by atoms with Crippen LogP contribution in [0.2, 0.25) is 0 Å². The van der Waals surface area contributed by atoms with Gasteiger partial charge in [0.25, 0.3) is 0 Å². The van der Waals surface area contributed by atoms with Crippen LogP contribution >= 0.6 is 0 Å². The van der Waals surface area contributed by atoms with E-state index in [0.29, 0.717) is 11.7 Å². The lowest BCUT2D eigenvalue weighted by atomic mass is 10.2. The van der Waals surface area contributed by atoms with E-state index in [-0.39, 0.29) is 0 Å². The van der Waals surface area contributed by atoms with Crippen LogP contribution in [0.25, 0.3) is 0 Å². The number of anilines is 3. The van der Waals surface area contributed by atoms with E-state index in [4.69, 9.17) is 5.73 Å². The number of hydrogen-bond donors (Lipinski definition) is 2. The lowest BCUT2D eigenvalue weighted by Crippen LogP contribution is -2.22. The Balaban J connectivity index is 2.20. The van der Waals surface area contributed by atoms with Crippen LogP contribution in [0.3, 0.4) is 0 Å². The molecule has 0 aliphatic carbocycles. The van der Waals surface area contributed by atoms with E-state index in [2.05, 4.69) is 34.0 Å². The summed E-state index contributed by atoms with van der Waals surface area (Å²) in [5, 5.41) is 3.32. The van der Waals surface area contributed by atoms with Crippen LogP contribution in [-0.2, 0) is 0 Å². The van der Waals surface area contributed by atoms with Crippen molar-refractivity contribution in [2.75, 3.05) is 29.0 Å². The van der Waals surface area contributed by atoms with Crippen LogP contribution in [0.1, 0.15) is 33.1 Å². The molecule has 1 aromatic heterocycles. The lowest BCUT2D eigenvalue weighted by molar-refractivity contribution is 0.758. The predicted octanol–water partition coefficient (Wildman–Crippen LogP) is 1.87. The third-order valence-corrected chi connectivity index (χ3v) is 3.26. The van der Waals surface area contributed by atoms with Crippen LogP contribution in [0.15, 0.2) is 6.33 Å². The van der Waals surface area contributed by atoms with Crippen molar-refractivity contribution < 1.29 is 0 Å². The van der Waals surface area contributed by atoms with E-state index in [1.54, 1.807) is 6.33 Å². The van der Waals surface area contributed by atoms with Gasteiger partial charge in [-0.05, 0) is 26.2 Å². The summed E-state index contributed by atoms with van der Waals surface area (Å²) in [5.41, 5.74) is 6.81. The van der Waals surface area contributed by atoms with Gasteiger partial charge in [0.15, 0.2) is 11.6 Å². The number of aromatic nitrogens is 2. The number of nitrogens with two attached hydrogens (primary N) is 1. The van der Waals surface area contributed by atoms with Gasteiger partial charge in [0, 0.05) is 19.1 Å². The number of nitrogens with one attached hydrogen (secondary N) is 1. The highest BCUT2D eigenvalue weighted by molar-refractivity contribution is 5.75. The number of rotatable bonds is 4. The molecular formula is C12H21N5. The normalized spacial score (nSPS) is 17.2. The van der Waals surface area contributed by atoms with Gasteiger partial charge >= 0.3 is 0 Å². The molecule has 0 aromatic carbocycles. The van der Waals surface area contributed by atoms with E-state index in [0.717, 1.165) is 31.1 Å². The topological polar surface area (TPSA) is 67.1 Å². The Hall–Kier alpha value is -1.52. The van der Waals surface area contributed by atoms with Gasteiger partial charge in [-0.2, -0.15) is 0 Å². The van der Waals surface area contributed by atoms with Crippen LogP contribution in [0.4, 0.5) is 17.3 Å². The SMILES string of the molecule is CCC(C)Nc1ncnc(N2CCCC2)c1N. The van der Waals surface area contributed by atoms with Gasteiger partial charge in [-0.25, -0.2) is 9.97 Å². The highest BCUT2D eigenvalue weighted by atomic mass is 15.2. The molecule has 2 rings (SSSR count). The first-order valence-corrected chi connectivity index (χ1v) is 6.34. The van der Waals surface area contributed by atoms with Crippen LogP contribution in [-0.4, -0.2) is 29.1 Å². The zero-order valence-corrected chi connectivity index (χ0v) is 10.6. The first-order valence-electron chi connectivity index (χ1n) is 6.34. The second kappa shape index (κ2) is 5.21. The standard InChI is InChI=1S/C12H21N5/c1-3-9(2)16-11-10(13)12(15-8-14-11)17-6-4-5-7-17/h8-9H,3-7,13H2,1-2H3,(H,14,15,16). The molecule has 1 saturated heterocycles. The maximum Gasteiger partial charge on any atom is 0.157 e. The quantitative estimate of drug-likeness (QED) is 0.834. The first kappa shape index (κ1) is 12.0. The summed E-state index contributed by atoms with van der Waals surface area (Å²) < 4.78 is 0. The average Bonchev–Trinajstić information content (AvgIpc) is 2.85. The molecule has 5 nitrogen and oxygen atoms in total. The third kappa shape index (κ3) is 2.60. The highest BCUT2D eigenvalue weighted by Crippen LogP contribution is 2.28. The van der Waals surface area contributed by atoms with Crippen molar-refractivity contribution in [3.63, 3.8) is 0 Å². The van der Waals surface area contributed by atoms with Gasteiger partial charge in [0.2, 0.25) is 0 Å². The van der Waals surface area contributed by atoms with E-state index < -0.39 is 0 Å². The first-order chi connectivity index (χ1) is 8.22. The molecule has 1 atom stereocenters. The van der Waals surface area contributed by atoms with Crippen molar-refractivity contribution in [3.8, 4) is 0 Å². The second-order valence-corrected chi connectivity index (χ2v) is 4.61. The van der Waals surface area contributed by atoms with Crippen molar-refractivity contribution in [3.05, 3.63) is 6.33 Å². The van der Waals surface area contributed by atoms with Crippen molar-refractivity contribution in [1.29, 1.82) is 0 Å². The van der Waals surface area contributed by atoms with E-state index in [1.807, 2.05) is 0 Å². The van der Waals surface area contributed by atoms with Crippen LogP contribution < -0.4 is 16.0 Å². The van der Waals surface area contributed by atoms with Crippen molar-refractivity contribution in [2.24, 2.45) is 0 Å². The molecule has 1 unspecified atom stereocenters. The average molecular weight is 235 g/mol. The predicted molar refractivity (Wildman–Crippen MR) is 71.3 cm³/mol. The summed E-state index contributed by atoms with van der Waals surface area (Å²) in [5.74, 6) is 1.64. The molecule has 1 aliphatic rings. The van der Waals surface area contributed by atoms with Crippen molar-refractivity contribution in [2.45, 2.75) is 39.2 Å². The van der Waals surface area contributed by atoms with E-state index in [9.17, 15) is 0 Å². The number of hydrogen-bond acceptors (Lipinski definition) is 5. The smallest absolute Gasteiger partial charge is 0.157 e.